The molecule has 2 aromatic carbocycles. The number of nitrogens with zero attached hydrogens (tertiary/aromatic N) is 3. The zero-order valence-corrected chi connectivity index (χ0v) is 19.3. The first-order valence-corrected chi connectivity index (χ1v) is 11.3. The van der Waals surface area contributed by atoms with Gasteiger partial charge in [-0.1, -0.05) is 31.2 Å². The number of nitrogens with one attached hydrogen (secondary N) is 2. The van der Waals surface area contributed by atoms with Gasteiger partial charge in [0.2, 0.25) is 5.91 Å². The predicted molar refractivity (Wildman–Crippen MR) is 137 cm³/mol. The minimum absolute atomic E-state index is 0.227. The van der Waals surface area contributed by atoms with Crippen LogP contribution < -0.4 is 10.6 Å². The molecule has 0 saturated heterocycles. The molecule has 0 aliphatic carbocycles. The maximum Gasteiger partial charge on any atom is 0.255 e. The van der Waals surface area contributed by atoms with Crippen LogP contribution in [0.3, 0.4) is 0 Å². The Morgan fingerprint density at radius 2 is 1.77 bits per heavy atom. The van der Waals surface area contributed by atoms with E-state index in [1.165, 1.54) is 6.08 Å². The summed E-state index contributed by atoms with van der Waals surface area (Å²) in [4.78, 5) is 37.8. The van der Waals surface area contributed by atoms with Gasteiger partial charge in [0.1, 0.15) is 5.82 Å². The fraction of sp³-hybridized carbons (Fsp3) is 0.107. The van der Waals surface area contributed by atoms with Crippen LogP contribution >= 0.6 is 0 Å². The molecule has 0 spiro atoms. The Bertz CT molecular complexity index is 1340. The number of anilines is 2. The molecule has 174 valence electrons. The third-order valence-electron chi connectivity index (χ3n) is 5.13. The highest BCUT2D eigenvalue weighted by Crippen LogP contribution is 2.18. The second kappa shape index (κ2) is 11.5. The summed E-state index contributed by atoms with van der Waals surface area (Å²) in [7, 11) is 0. The van der Waals surface area contributed by atoms with E-state index in [2.05, 4.69) is 25.6 Å². The van der Waals surface area contributed by atoms with Gasteiger partial charge in [-0.25, -0.2) is 9.97 Å². The molecule has 2 amide bonds. The van der Waals surface area contributed by atoms with Crippen molar-refractivity contribution in [1.29, 1.82) is 0 Å². The van der Waals surface area contributed by atoms with Crippen LogP contribution in [-0.4, -0.2) is 26.8 Å². The quantitative estimate of drug-likeness (QED) is 0.346. The first kappa shape index (κ1) is 23.5. The fourth-order valence-electron chi connectivity index (χ4n) is 3.40. The second-order valence-electron chi connectivity index (χ2n) is 7.81. The predicted octanol–water partition coefficient (Wildman–Crippen LogP) is 5.29. The van der Waals surface area contributed by atoms with Crippen molar-refractivity contribution < 1.29 is 9.59 Å². The molecule has 0 aliphatic rings. The average molecular weight is 464 g/mol. The monoisotopic (exact) mass is 463 g/mol. The van der Waals surface area contributed by atoms with E-state index < -0.39 is 0 Å². The van der Waals surface area contributed by atoms with E-state index >= 15 is 0 Å². The number of aromatic nitrogens is 3. The molecule has 2 N–H and O–H groups in total. The lowest BCUT2D eigenvalue weighted by Crippen LogP contribution is -2.13. The minimum atomic E-state index is -0.259. The molecule has 2 aromatic heterocycles. The van der Waals surface area contributed by atoms with Crippen molar-refractivity contribution in [3.05, 3.63) is 114 Å². The molecule has 0 bridgehead atoms. The number of carbonyl (C=O) groups is 2. The molecule has 0 aliphatic heterocycles. The number of pyridine rings is 1. The van der Waals surface area contributed by atoms with Crippen LogP contribution in [0.25, 0.3) is 11.3 Å². The minimum Gasteiger partial charge on any atom is -0.322 e. The summed E-state index contributed by atoms with van der Waals surface area (Å²) < 4.78 is 0. The maximum atomic E-state index is 12.7. The molecule has 0 unspecified atom stereocenters. The van der Waals surface area contributed by atoms with Crippen LogP contribution in [-0.2, 0) is 11.2 Å². The smallest absolute Gasteiger partial charge is 0.255 e. The van der Waals surface area contributed by atoms with Crippen molar-refractivity contribution in [2.24, 2.45) is 0 Å². The van der Waals surface area contributed by atoms with Gasteiger partial charge in [0.15, 0.2) is 0 Å². The largest absolute Gasteiger partial charge is 0.322 e. The summed E-state index contributed by atoms with van der Waals surface area (Å²) in [6.45, 7) is 1.95. The maximum absolute atomic E-state index is 12.7. The normalized spacial score (nSPS) is 10.8. The SMILES string of the molecule is CC/C=C/C(=O)Nc1cccc(C(=O)Nc2ccc(Cc3nccc(-c4cccnc4)n3)cc2)c1. The highest BCUT2D eigenvalue weighted by molar-refractivity contribution is 6.06. The number of amides is 2. The Morgan fingerprint density at radius 3 is 2.54 bits per heavy atom. The van der Waals surface area contributed by atoms with Crippen molar-refractivity contribution in [2.75, 3.05) is 10.6 Å². The number of carbonyl (C=O) groups excluding carboxylic acids is 2. The molecule has 35 heavy (non-hydrogen) atoms. The summed E-state index contributed by atoms with van der Waals surface area (Å²) in [6, 6.07) is 20.1. The summed E-state index contributed by atoms with van der Waals surface area (Å²) >= 11 is 0. The van der Waals surface area contributed by atoms with Gasteiger partial charge in [-0.15, -0.1) is 0 Å². The number of allylic oxidation sites excluding steroid dienone is 1. The standard InChI is InChI=1S/C28H25N5O2/c1-2-3-9-27(34)31-24-8-4-6-21(18-24)28(35)32-23-12-10-20(11-13-23)17-26-30-16-14-25(33-26)22-7-5-15-29-19-22/h3-16,18-19H,2,17H2,1H3,(H,31,34)(H,32,35)/b9-3+. The van der Waals surface area contributed by atoms with Crippen molar-refractivity contribution in [3.63, 3.8) is 0 Å². The van der Waals surface area contributed by atoms with E-state index in [9.17, 15) is 9.59 Å². The lowest BCUT2D eigenvalue weighted by molar-refractivity contribution is -0.111. The van der Waals surface area contributed by atoms with Crippen LogP contribution in [0.2, 0.25) is 0 Å². The van der Waals surface area contributed by atoms with E-state index in [1.807, 2.05) is 49.4 Å². The van der Waals surface area contributed by atoms with Gasteiger partial charge in [-0.2, -0.15) is 0 Å². The van der Waals surface area contributed by atoms with E-state index in [0.717, 1.165) is 23.2 Å². The molecule has 7 heteroatoms. The van der Waals surface area contributed by atoms with E-state index in [1.54, 1.807) is 48.9 Å². The molecule has 4 aromatic rings. The summed E-state index contributed by atoms with van der Waals surface area (Å²) in [5.41, 5.74) is 4.47. The van der Waals surface area contributed by atoms with E-state index in [4.69, 9.17) is 0 Å². The van der Waals surface area contributed by atoms with Gasteiger partial charge >= 0.3 is 0 Å². The lowest BCUT2D eigenvalue weighted by atomic mass is 10.1. The van der Waals surface area contributed by atoms with Gasteiger partial charge in [-0.3, -0.25) is 14.6 Å². The lowest BCUT2D eigenvalue weighted by Gasteiger charge is -2.09. The highest BCUT2D eigenvalue weighted by atomic mass is 16.2. The van der Waals surface area contributed by atoms with E-state index in [0.29, 0.717) is 29.2 Å². The zero-order valence-electron chi connectivity index (χ0n) is 19.3. The summed E-state index contributed by atoms with van der Waals surface area (Å²) in [5.74, 6) is 0.219. The summed E-state index contributed by atoms with van der Waals surface area (Å²) in [6.07, 6.45) is 9.85. The first-order chi connectivity index (χ1) is 17.1. The van der Waals surface area contributed by atoms with Gasteiger partial charge in [0.25, 0.3) is 5.91 Å². The van der Waals surface area contributed by atoms with Crippen LogP contribution in [0.15, 0.2) is 97.5 Å². The summed E-state index contributed by atoms with van der Waals surface area (Å²) in [5, 5.41) is 5.65. The van der Waals surface area contributed by atoms with Crippen molar-refractivity contribution in [3.8, 4) is 11.3 Å². The van der Waals surface area contributed by atoms with E-state index in [-0.39, 0.29) is 11.8 Å². The number of benzene rings is 2. The molecule has 0 atom stereocenters. The van der Waals surface area contributed by atoms with Gasteiger partial charge in [-0.05, 0) is 66.6 Å². The second-order valence-corrected chi connectivity index (χ2v) is 7.81. The molecular formula is C28H25N5O2. The van der Waals surface area contributed by atoms with Crippen molar-refractivity contribution >= 4 is 23.2 Å². The molecule has 0 saturated carbocycles. The Hall–Kier alpha value is -4.65. The van der Waals surface area contributed by atoms with Gasteiger partial charge in [0.05, 0.1) is 5.69 Å². The van der Waals surface area contributed by atoms with Crippen molar-refractivity contribution in [2.45, 2.75) is 19.8 Å². The topological polar surface area (TPSA) is 96.9 Å². The van der Waals surface area contributed by atoms with Gasteiger partial charge in [0, 0.05) is 47.5 Å². The third-order valence-corrected chi connectivity index (χ3v) is 5.13. The Kier molecular flexibility index (Phi) is 7.70. The molecular weight excluding hydrogens is 438 g/mol. The van der Waals surface area contributed by atoms with Crippen molar-refractivity contribution in [1.82, 2.24) is 15.0 Å². The van der Waals surface area contributed by atoms with Crippen LogP contribution in [0.1, 0.15) is 35.1 Å². The van der Waals surface area contributed by atoms with Crippen LogP contribution in [0.5, 0.6) is 0 Å². The first-order valence-electron chi connectivity index (χ1n) is 11.3. The Morgan fingerprint density at radius 1 is 0.914 bits per heavy atom. The molecule has 0 radical (unpaired) electrons. The number of hydrogen-bond acceptors (Lipinski definition) is 5. The van der Waals surface area contributed by atoms with Crippen LogP contribution in [0.4, 0.5) is 11.4 Å². The fourth-order valence-corrected chi connectivity index (χ4v) is 3.40. The zero-order chi connectivity index (χ0) is 24.5. The van der Waals surface area contributed by atoms with Crippen LogP contribution in [0, 0.1) is 0 Å². The molecule has 2 heterocycles. The average Bonchev–Trinajstić information content (AvgIpc) is 2.89. The Labute approximate surface area is 204 Å². The molecule has 4 rings (SSSR count). The molecule has 7 nitrogen and oxygen atoms in total. The Balaban J connectivity index is 1.38. The third kappa shape index (κ3) is 6.68. The highest BCUT2D eigenvalue weighted by Gasteiger charge is 2.09. The number of hydrogen-bond donors (Lipinski definition) is 2. The van der Waals surface area contributed by atoms with Gasteiger partial charge < -0.3 is 10.6 Å². The number of rotatable bonds is 8. The molecule has 0 fully saturated rings.